The highest BCUT2D eigenvalue weighted by molar-refractivity contribution is 5.74. The summed E-state index contributed by atoms with van der Waals surface area (Å²) in [6.45, 7) is 4.08. The summed E-state index contributed by atoms with van der Waals surface area (Å²) < 4.78 is 59.8. The molecular formula is C34H36F4. The zero-order chi connectivity index (χ0) is 27.1. The summed E-state index contributed by atoms with van der Waals surface area (Å²) in [5, 5.41) is 0. The molecule has 0 heterocycles. The fourth-order valence-electron chi connectivity index (χ4n) is 5.31. The van der Waals surface area contributed by atoms with Gasteiger partial charge in [0, 0.05) is 16.7 Å². The first-order chi connectivity index (χ1) is 18.4. The molecule has 0 aromatic heterocycles. The molecule has 0 spiro atoms. The summed E-state index contributed by atoms with van der Waals surface area (Å²) in [6.07, 6.45) is 14.3. The van der Waals surface area contributed by atoms with Crippen molar-refractivity contribution >= 4 is 5.57 Å². The summed E-state index contributed by atoms with van der Waals surface area (Å²) in [4.78, 5) is 0. The molecule has 38 heavy (non-hydrogen) atoms. The van der Waals surface area contributed by atoms with E-state index in [9.17, 15) is 8.78 Å². The molecule has 0 aliphatic heterocycles. The Morgan fingerprint density at radius 2 is 1.37 bits per heavy atom. The van der Waals surface area contributed by atoms with Crippen LogP contribution in [0.15, 0.2) is 66.8 Å². The van der Waals surface area contributed by atoms with Crippen LogP contribution in [-0.4, -0.2) is 0 Å². The van der Waals surface area contributed by atoms with E-state index in [1.54, 1.807) is 48.5 Å². The van der Waals surface area contributed by atoms with E-state index in [-0.39, 0.29) is 11.1 Å². The van der Waals surface area contributed by atoms with Gasteiger partial charge in [-0.15, -0.1) is 0 Å². The number of hydrogen-bond donors (Lipinski definition) is 0. The van der Waals surface area contributed by atoms with Crippen molar-refractivity contribution in [1.29, 1.82) is 0 Å². The summed E-state index contributed by atoms with van der Waals surface area (Å²) in [5.74, 6) is -2.83. The van der Waals surface area contributed by atoms with Crippen molar-refractivity contribution in [2.24, 2.45) is 5.92 Å². The predicted molar refractivity (Wildman–Crippen MR) is 150 cm³/mol. The summed E-state index contributed by atoms with van der Waals surface area (Å²) in [6, 6.07) is 13.0. The zero-order valence-electron chi connectivity index (χ0n) is 22.3. The zero-order valence-corrected chi connectivity index (χ0v) is 22.3. The monoisotopic (exact) mass is 520 g/mol. The number of rotatable bonds is 10. The molecule has 3 aromatic carbocycles. The van der Waals surface area contributed by atoms with Crippen LogP contribution in [-0.2, 0) is 6.42 Å². The molecular weight excluding hydrogens is 484 g/mol. The Morgan fingerprint density at radius 3 is 1.97 bits per heavy atom. The summed E-state index contributed by atoms with van der Waals surface area (Å²) in [5.41, 5.74) is 2.84. The molecule has 1 aliphatic rings. The number of halogens is 4. The van der Waals surface area contributed by atoms with E-state index in [4.69, 9.17) is 0 Å². The standard InChI is InChI=1S/C34H36F4/c1-3-5-7-9-23-11-13-24(14-12-23)29-21-22-30(34(38)33(29)37)26-17-15-25(16-18-26)28-20-19-27(10-8-6-4-2)31(35)32(28)36/h3,5,13,15-23H,4,6-12,14H2,1-2H3/b5-3+. The Hall–Kier alpha value is -3.14. The lowest BCUT2D eigenvalue weighted by atomic mass is 9.83. The molecule has 0 N–H and O–H groups in total. The highest BCUT2D eigenvalue weighted by Gasteiger charge is 2.21. The van der Waals surface area contributed by atoms with Crippen LogP contribution in [0.3, 0.4) is 0 Å². The van der Waals surface area contributed by atoms with Gasteiger partial charge in [0.05, 0.1) is 0 Å². The van der Waals surface area contributed by atoms with Crippen LogP contribution in [0.1, 0.15) is 76.3 Å². The largest absolute Gasteiger partial charge is 0.203 e. The van der Waals surface area contributed by atoms with Gasteiger partial charge in [-0.2, -0.15) is 0 Å². The van der Waals surface area contributed by atoms with E-state index in [2.05, 4.69) is 25.2 Å². The SMILES string of the molecule is C/C=C/CCC1CC=C(c2ccc(-c3ccc(-c4ccc(CCCCC)c(F)c4F)cc3)c(F)c2F)CC1. The minimum atomic E-state index is -0.889. The Morgan fingerprint density at radius 1 is 0.763 bits per heavy atom. The maximum Gasteiger partial charge on any atom is 0.167 e. The van der Waals surface area contributed by atoms with Crippen molar-refractivity contribution in [3.8, 4) is 22.3 Å². The second-order valence-corrected chi connectivity index (χ2v) is 10.2. The van der Waals surface area contributed by atoms with Gasteiger partial charge < -0.3 is 0 Å². The highest BCUT2D eigenvalue weighted by atomic mass is 19.2. The number of allylic oxidation sites excluding steroid dienone is 4. The fraction of sp³-hybridized carbons (Fsp3) is 0.353. The normalized spacial score (nSPS) is 15.7. The molecule has 4 rings (SSSR count). The third-order valence-electron chi connectivity index (χ3n) is 7.64. The number of aryl methyl sites for hydroxylation is 1. The second kappa shape index (κ2) is 13.1. The van der Waals surface area contributed by atoms with Crippen LogP contribution in [0.5, 0.6) is 0 Å². The van der Waals surface area contributed by atoms with Crippen LogP contribution in [0.2, 0.25) is 0 Å². The predicted octanol–water partition coefficient (Wildman–Crippen LogP) is 10.8. The van der Waals surface area contributed by atoms with Crippen molar-refractivity contribution in [1.82, 2.24) is 0 Å². The molecule has 1 atom stereocenters. The third kappa shape index (κ3) is 6.28. The first kappa shape index (κ1) is 27.9. The van der Waals surface area contributed by atoms with Gasteiger partial charge in [-0.3, -0.25) is 0 Å². The lowest BCUT2D eigenvalue weighted by molar-refractivity contribution is 0.452. The third-order valence-corrected chi connectivity index (χ3v) is 7.64. The summed E-state index contributed by atoms with van der Waals surface area (Å²) >= 11 is 0. The van der Waals surface area contributed by atoms with Crippen molar-refractivity contribution in [2.75, 3.05) is 0 Å². The van der Waals surface area contributed by atoms with E-state index in [1.807, 2.05) is 6.92 Å². The molecule has 0 nitrogen and oxygen atoms in total. The quantitative estimate of drug-likeness (QED) is 0.142. The van der Waals surface area contributed by atoms with Crippen molar-refractivity contribution in [3.05, 3.63) is 101 Å². The topological polar surface area (TPSA) is 0 Å². The number of benzene rings is 3. The van der Waals surface area contributed by atoms with Crippen molar-refractivity contribution in [3.63, 3.8) is 0 Å². The number of unbranched alkanes of at least 4 members (excludes halogenated alkanes) is 2. The van der Waals surface area contributed by atoms with E-state index in [1.165, 1.54) is 0 Å². The molecule has 0 fully saturated rings. The molecule has 4 heteroatoms. The first-order valence-electron chi connectivity index (χ1n) is 13.8. The van der Waals surface area contributed by atoms with Crippen LogP contribution in [0.25, 0.3) is 27.8 Å². The average Bonchev–Trinajstić information content (AvgIpc) is 2.94. The Balaban J connectivity index is 1.51. The van der Waals surface area contributed by atoms with E-state index < -0.39 is 23.3 Å². The molecule has 1 unspecified atom stereocenters. The molecule has 0 amide bonds. The molecule has 0 bridgehead atoms. The summed E-state index contributed by atoms with van der Waals surface area (Å²) in [7, 11) is 0. The molecule has 0 saturated heterocycles. The van der Waals surface area contributed by atoms with E-state index in [0.717, 1.165) is 56.9 Å². The van der Waals surface area contributed by atoms with Gasteiger partial charge in [0.1, 0.15) is 0 Å². The molecule has 1 aliphatic carbocycles. The Kier molecular flexibility index (Phi) is 9.60. The maximum absolute atomic E-state index is 15.2. The van der Waals surface area contributed by atoms with Gasteiger partial charge in [-0.05, 0) is 80.1 Å². The average molecular weight is 521 g/mol. The van der Waals surface area contributed by atoms with Crippen molar-refractivity contribution < 1.29 is 17.6 Å². The Bertz CT molecular complexity index is 1300. The highest BCUT2D eigenvalue weighted by Crippen LogP contribution is 2.37. The minimum Gasteiger partial charge on any atom is -0.203 e. The van der Waals surface area contributed by atoms with Crippen LogP contribution < -0.4 is 0 Å². The van der Waals surface area contributed by atoms with Gasteiger partial charge >= 0.3 is 0 Å². The Labute approximate surface area is 224 Å². The van der Waals surface area contributed by atoms with Gasteiger partial charge in [-0.1, -0.05) is 86.5 Å². The van der Waals surface area contributed by atoms with Gasteiger partial charge in [0.25, 0.3) is 0 Å². The van der Waals surface area contributed by atoms with Gasteiger partial charge in [-0.25, -0.2) is 17.6 Å². The van der Waals surface area contributed by atoms with Crippen LogP contribution in [0.4, 0.5) is 17.6 Å². The molecule has 0 saturated carbocycles. The second-order valence-electron chi connectivity index (χ2n) is 10.2. The lowest BCUT2D eigenvalue weighted by Crippen LogP contribution is -2.07. The lowest BCUT2D eigenvalue weighted by Gasteiger charge is -2.22. The van der Waals surface area contributed by atoms with E-state index >= 15 is 8.78 Å². The minimum absolute atomic E-state index is 0.149. The molecule has 200 valence electrons. The van der Waals surface area contributed by atoms with Crippen LogP contribution in [0, 0.1) is 29.2 Å². The number of hydrogen-bond acceptors (Lipinski definition) is 0. The van der Waals surface area contributed by atoms with E-state index in [0.29, 0.717) is 34.6 Å². The van der Waals surface area contributed by atoms with Gasteiger partial charge in [0.15, 0.2) is 23.3 Å². The van der Waals surface area contributed by atoms with Crippen LogP contribution >= 0.6 is 0 Å². The molecule has 0 radical (unpaired) electrons. The van der Waals surface area contributed by atoms with Gasteiger partial charge in [0.2, 0.25) is 0 Å². The maximum atomic E-state index is 15.2. The molecule has 3 aromatic rings. The first-order valence-corrected chi connectivity index (χ1v) is 13.8. The fourth-order valence-corrected chi connectivity index (χ4v) is 5.31. The van der Waals surface area contributed by atoms with Crippen molar-refractivity contribution in [2.45, 2.75) is 71.6 Å². The smallest absolute Gasteiger partial charge is 0.167 e.